The Bertz CT molecular complexity index is 792. The summed E-state index contributed by atoms with van der Waals surface area (Å²) in [4.78, 5) is 16.4. The van der Waals surface area contributed by atoms with Gasteiger partial charge in [0, 0.05) is 6.20 Å². The van der Waals surface area contributed by atoms with Crippen molar-refractivity contribution < 1.29 is 5.21 Å². The Balaban J connectivity index is 2.05. The molecule has 0 spiro atoms. The molecule has 0 aliphatic rings. The second-order valence-electron chi connectivity index (χ2n) is 4.33. The molecule has 3 aromatic rings. The summed E-state index contributed by atoms with van der Waals surface area (Å²) in [6.45, 7) is 0.309. The number of hydrogen-bond acceptors (Lipinski definition) is 5. The maximum Gasteiger partial charge on any atom is 0.274 e. The lowest BCUT2D eigenvalue weighted by Gasteiger charge is -2.20. The number of aromatic amines is 1. The first-order valence-corrected chi connectivity index (χ1v) is 5.94. The van der Waals surface area contributed by atoms with Crippen molar-refractivity contribution in [2.45, 2.75) is 6.54 Å². The van der Waals surface area contributed by atoms with Gasteiger partial charge in [-0.1, -0.05) is 6.07 Å². The second-order valence-corrected chi connectivity index (χ2v) is 4.33. The number of rotatable bonds is 3. The molecule has 2 N–H and O–H groups in total. The van der Waals surface area contributed by atoms with Gasteiger partial charge in [0.25, 0.3) is 5.56 Å². The topological polar surface area (TPSA) is 97.2 Å². The van der Waals surface area contributed by atoms with Crippen molar-refractivity contribution in [1.82, 2.24) is 14.8 Å². The Morgan fingerprint density at radius 2 is 2.20 bits per heavy atom. The van der Waals surface area contributed by atoms with E-state index in [0.29, 0.717) is 17.4 Å². The van der Waals surface area contributed by atoms with E-state index in [9.17, 15) is 10.0 Å². The van der Waals surface area contributed by atoms with Gasteiger partial charge in [-0.3, -0.25) is 20.1 Å². The molecule has 0 aliphatic carbocycles. The summed E-state index contributed by atoms with van der Waals surface area (Å²) in [6.07, 6.45) is 1.65. The molecule has 0 bridgehead atoms. The molecule has 2 heterocycles. The minimum Gasteiger partial charge on any atom is -0.733 e. The van der Waals surface area contributed by atoms with Crippen LogP contribution in [0.25, 0.3) is 10.9 Å². The summed E-state index contributed by atoms with van der Waals surface area (Å²) >= 11 is 0. The maximum atomic E-state index is 12.2. The Labute approximate surface area is 113 Å². The summed E-state index contributed by atoms with van der Waals surface area (Å²) in [7, 11) is 0. The van der Waals surface area contributed by atoms with E-state index in [1.807, 2.05) is 12.1 Å². The number of anilines is 1. The van der Waals surface area contributed by atoms with Crippen molar-refractivity contribution in [2.24, 2.45) is 0 Å². The first kappa shape index (κ1) is 12.4. The van der Waals surface area contributed by atoms with Gasteiger partial charge in [0.05, 0.1) is 28.8 Å². The van der Waals surface area contributed by atoms with Crippen molar-refractivity contribution in [3.8, 4) is 0 Å². The highest BCUT2D eigenvalue weighted by molar-refractivity contribution is 5.81. The van der Waals surface area contributed by atoms with E-state index in [4.69, 9.17) is 5.21 Å². The molecule has 0 amide bonds. The third-order valence-electron chi connectivity index (χ3n) is 3.00. The summed E-state index contributed by atoms with van der Waals surface area (Å²) in [5.74, 6) is 0. The van der Waals surface area contributed by atoms with Gasteiger partial charge < -0.3 is 10.4 Å². The smallest absolute Gasteiger partial charge is 0.274 e. The molecule has 7 nitrogen and oxygen atoms in total. The van der Waals surface area contributed by atoms with Crippen LogP contribution >= 0.6 is 0 Å². The minimum absolute atomic E-state index is 0.0126. The number of nitrogens with zero attached hydrogens (tertiary/aromatic N) is 3. The number of hydrogen-bond donors (Lipinski definition) is 2. The summed E-state index contributed by atoms with van der Waals surface area (Å²) < 4.78 is 1.41. The van der Waals surface area contributed by atoms with Crippen LogP contribution in [0, 0.1) is 5.21 Å². The van der Waals surface area contributed by atoms with Crippen molar-refractivity contribution in [3.05, 3.63) is 63.9 Å². The van der Waals surface area contributed by atoms with Gasteiger partial charge in [-0.15, -0.1) is 0 Å². The number of pyridine rings is 1. The third kappa shape index (κ3) is 2.15. The van der Waals surface area contributed by atoms with E-state index < -0.39 is 0 Å². The minimum atomic E-state index is -0.269. The Morgan fingerprint density at radius 3 is 2.90 bits per heavy atom. The molecular formula is C13H11N4O3-. The van der Waals surface area contributed by atoms with E-state index >= 15 is 0 Å². The van der Waals surface area contributed by atoms with Gasteiger partial charge in [-0.25, -0.2) is 4.68 Å². The summed E-state index contributed by atoms with van der Waals surface area (Å²) in [5, 5.41) is 22.7. The summed E-state index contributed by atoms with van der Waals surface area (Å²) in [5.41, 5.74) is 1.08. The Kier molecular flexibility index (Phi) is 2.97. The van der Waals surface area contributed by atoms with Crippen LogP contribution < -0.4 is 10.8 Å². The van der Waals surface area contributed by atoms with E-state index in [0.717, 1.165) is 5.69 Å². The van der Waals surface area contributed by atoms with Gasteiger partial charge in [0.15, 0.2) is 0 Å². The van der Waals surface area contributed by atoms with Crippen LogP contribution in [0.3, 0.4) is 0 Å². The molecule has 0 unspecified atom stereocenters. The lowest BCUT2D eigenvalue weighted by Crippen LogP contribution is -2.18. The van der Waals surface area contributed by atoms with Gasteiger partial charge in [-0.2, -0.15) is 0 Å². The quantitative estimate of drug-likeness (QED) is 0.703. The number of aromatic nitrogens is 3. The zero-order valence-corrected chi connectivity index (χ0v) is 10.4. The first-order chi connectivity index (χ1) is 9.65. The molecule has 3 rings (SSSR count). The van der Waals surface area contributed by atoms with Crippen molar-refractivity contribution in [2.75, 3.05) is 5.23 Å². The van der Waals surface area contributed by atoms with Crippen molar-refractivity contribution in [1.29, 1.82) is 0 Å². The van der Waals surface area contributed by atoms with Gasteiger partial charge in [0.1, 0.15) is 0 Å². The van der Waals surface area contributed by atoms with Gasteiger partial charge in [0.2, 0.25) is 0 Å². The lowest BCUT2D eigenvalue weighted by molar-refractivity contribution is 0.296. The number of benzene rings is 1. The average molecular weight is 271 g/mol. The van der Waals surface area contributed by atoms with Crippen LogP contribution in [0.15, 0.2) is 47.4 Å². The van der Waals surface area contributed by atoms with Crippen LogP contribution in [0.5, 0.6) is 0 Å². The zero-order valence-electron chi connectivity index (χ0n) is 10.4. The predicted molar refractivity (Wildman–Crippen MR) is 73.5 cm³/mol. The largest absolute Gasteiger partial charge is 0.733 e. The number of nitrogens with one attached hydrogen (secondary N) is 1. The number of H-pyrrole nitrogens is 1. The summed E-state index contributed by atoms with van der Waals surface area (Å²) in [6, 6.07) is 9.80. The van der Waals surface area contributed by atoms with Crippen LogP contribution in [0.2, 0.25) is 0 Å². The fraction of sp³-hybridized carbons (Fsp3) is 0.0769. The SMILES string of the molecule is O=c1c2cc(N([O-])O)ccc2[nH]n1Cc1ccccn1. The normalized spacial score (nSPS) is 10.9. The molecule has 2 aromatic heterocycles. The van der Waals surface area contributed by atoms with Crippen molar-refractivity contribution >= 4 is 16.6 Å². The van der Waals surface area contributed by atoms with E-state index in [-0.39, 0.29) is 16.5 Å². The third-order valence-corrected chi connectivity index (χ3v) is 3.00. The van der Waals surface area contributed by atoms with Gasteiger partial charge >= 0.3 is 0 Å². The molecule has 0 aliphatic heterocycles. The average Bonchev–Trinajstić information content (AvgIpc) is 2.76. The highest BCUT2D eigenvalue weighted by Gasteiger charge is 2.08. The van der Waals surface area contributed by atoms with Crippen LogP contribution in [-0.4, -0.2) is 20.0 Å². The standard InChI is InChI=1S/C13H11N4O3/c18-13-11-7-10(17(19)20)4-5-12(11)15-16(13)8-9-3-1-2-6-14-9/h1-7,15,19H,8H2/q-1. The lowest BCUT2D eigenvalue weighted by atomic mass is 10.2. The Morgan fingerprint density at radius 1 is 1.35 bits per heavy atom. The molecule has 0 atom stereocenters. The molecule has 0 saturated carbocycles. The first-order valence-electron chi connectivity index (χ1n) is 5.94. The van der Waals surface area contributed by atoms with Crippen LogP contribution in [-0.2, 0) is 6.54 Å². The van der Waals surface area contributed by atoms with Gasteiger partial charge in [-0.05, 0) is 30.3 Å². The molecule has 1 aromatic carbocycles. The maximum absolute atomic E-state index is 12.2. The molecule has 0 fully saturated rings. The highest BCUT2D eigenvalue weighted by Crippen LogP contribution is 2.17. The second kappa shape index (κ2) is 4.80. The number of fused-ring (bicyclic) bond motifs is 1. The molecular weight excluding hydrogens is 260 g/mol. The fourth-order valence-electron chi connectivity index (χ4n) is 2.03. The molecule has 0 radical (unpaired) electrons. The monoisotopic (exact) mass is 271 g/mol. The van der Waals surface area contributed by atoms with E-state index in [2.05, 4.69) is 10.1 Å². The molecule has 20 heavy (non-hydrogen) atoms. The fourth-order valence-corrected chi connectivity index (χ4v) is 2.03. The molecule has 0 saturated heterocycles. The zero-order chi connectivity index (χ0) is 14.1. The van der Waals surface area contributed by atoms with E-state index in [1.165, 1.54) is 16.8 Å². The highest BCUT2D eigenvalue weighted by atomic mass is 16.8. The Hall–Kier alpha value is -2.64. The van der Waals surface area contributed by atoms with Crippen LogP contribution in [0.1, 0.15) is 5.69 Å². The van der Waals surface area contributed by atoms with Crippen LogP contribution in [0.4, 0.5) is 5.69 Å². The molecule has 102 valence electrons. The van der Waals surface area contributed by atoms with Crippen molar-refractivity contribution in [3.63, 3.8) is 0 Å². The molecule has 7 heteroatoms. The van der Waals surface area contributed by atoms with E-state index in [1.54, 1.807) is 18.3 Å². The predicted octanol–water partition coefficient (Wildman–Crippen LogP) is 1.47.